The van der Waals surface area contributed by atoms with Crippen LogP contribution >= 0.6 is 0 Å². The van der Waals surface area contributed by atoms with Crippen molar-refractivity contribution in [2.45, 2.75) is 58.9 Å². The van der Waals surface area contributed by atoms with Crippen LogP contribution in [-0.4, -0.2) is 18.4 Å². The summed E-state index contributed by atoms with van der Waals surface area (Å²) in [5, 5.41) is 3.30. The van der Waals surface area contributed by atoms with E-state index in [1.54, 1.807) is 0 Å². The second kappa shape index (κ2) is 6.26. The monoisotopic (exact) mass is 211 g/mol. The van der Waals surface area contributed by atoms with Crippen LogP contribution in [0.1, 0.15) is 52.9 Å². The maximum absolute atomic E-state index is 11.8. The van der Waals surface area contributed by atoms with E-state index in [-0.39, 0.29) is 0 Å². The van der Waals surface area contributed by atoms with Crippen molar-refractivity contribution in [2.24, 2.45) is 11.8 Å². The first-order valence-corrected chi connectivity index (χ1v) is 6.35. The first-order chi connectivity index (χ1) is 7.09. The van der Waals surface area contributed by atoms with Gasteiger partial charge in [0.1, 0.15) is 5.78 Å². The molecule has 1 aliphatic rings. The first-order valence-electron chi connectivity index (χ1n) is 6.35. The van der Waals surface area contributed by atoms with Gasteiger partial charge in [-0.05, 0) is 18.8 Å². The molecule has 2 nitrogen and oxygen atoms in total. The van der Waals surface area contributed by atoms with Crippen LogP contribution in [0.15, 0.2) is 0 Å². The summed E-state index contributed by atoms with van der Waals surface area (Å²) in [4.78, 5) is 11.8. The quantitative estimate of drug-likeness (QED) is 0.757. The van der Waals surface area contributed by atoms with Crippen molar-refractivity contribution < 1.29 is 4.79 Å². The first kappa shape index (κ1) is 12.7. The van der Waals surface area contributed by atoms with Gasteiger partial charge in [0.05, 0.1) is 0 Å². The molecule has 0 aromatic carbocycles. The summed E-state index contributed by atoms with van der Waals surface area (Å²) in [6.07, 6.45) is 5.46. The van der Waals surface area contributed by atoms with E-state index in [1.165, 1.54) is 12.8 Å². The van der Waals surface area contributed by atoms with E-state index in [2.05, 4.69) is 26.1 Å². The van der Waals surface area contributed by atoms with Gasteiger partial charge in [-0.1, -0.05) is 33.6 Å². The Bertz CT molecular complexity index is 193. The van der Waals surface area contributed by atoms with Gasteiger partial charge in [-0.3, -0.25) is 4.79 Å². The predicted molar refractivity (Wildman–Crippen MR) is 63.9 cm³/mol. The molecule has 15 heavy (non-hydrogen) atoms. The van der Waals surface area contributed by atoms with E-state index in [0.29, 0.717) is 17.7 Å². The van der Waals surface area contributed by atoms with Crippen LogP contribution in [0.4, 0.5) is 0 Å². The molecule has 1 N–H and O–H groups in total. The van der Waals surface area contributed by atoms with Gasteiger partial charge in [0, 0.05) is 24.9 Å². The molecule has 0 aromatic heterocycles. The van der Waals surface area contributed by atoms with Crippen molar-refractivity contribution in [3.8, 4) is 0 Å². The van der Waals surface area contributed by atoms with Gasteiger partial charge in [0.25, 0.3) is 0 Å². The highest BCUT2D eigenvalue weighted by Gasteiger charge is 2.23. The molecule has 88 valence electrons. The average molecular weight is 211 g/mol. The summed E-state index contributed by atoms with van der Waals surface area (Å²) >= 11 is 0. The molecule has 0 spiro atoms. The second-order valence-corrected chi connectivity index (χ2v) is 5.28. The summed E-state index contributed by atoms with van der Waals surface area (Å²) in [6.45, 7) is 7.38. The molecule has 1 rings (SSSR count). The summed E-state index contributed by atoms with van der Waals surface area (Å²) in [5.41, 5.74) is 0. The van der Waals surface area contributed by atoms with Crippen LogP contribution in [0, 0.1) is 11.8 Å². The third-order valence-electron chi connectivity index (χ3n) is 3.40. The van der Waals surface area contributed by atoms with Crippen molar-refractivity contribution in [1.29, 1.82) is 0 Å². The van der Waals surface area contributed by atoms with Gasteiger partial charge in [0.15, 0.2) is 0 Å². The summed E-state index contributed by atoms with van der Waals surface area (Å²) in [6, 6.07) is 0.490. The number of hydrogen-bond donors (Lipinski definition) is 1. The summed E-state index contributed by atoms with van der Waals surface area (Å²) in [5.74, 6) is 1.69. The normalized spacial score (nSPS) is 26.9. The van der Waals surface area contributed by atoms with Gasteiger partial charge in [-0.15, -0.1) is 0 Å². The van der Waals surface area contributed by atoms with E-state index >= 15 is 0 Å². The van der Waals surface area contributed by atoms with Crippen LogP contribution < -0.4 is 5.32 Å². The lowest BCUT2D eigenvalue weighted by atomic mass is 9.80. The second-order valence-electron chi connectivity index (χ2n) is 5.28. The minimum atomic E-state index is 0.371. The summed E-state index contributed by atoms with van der Waals surface area (Å²) < 4.78 is 0. The van der Waals surface area contributed by atoms with Gasteiger partial charge in [0.2, 0.25) is 0 Å². The number of Topliss-reactive ketones (excluding diaryl/α,β-unsaturated/α-hetero) is 1. The SMILES string of the molecule is CC1CCC(C(=O)CCNC(C)C)CC1. The number of nitrogens with one attached hydrogen (secondary N) is 1. The topological polar surface area (TPSA) is 29.1 Å². The number of hydrogen-bond acceptors (Lipinski definition) is 2. The molecule has 1 aliphatic carbocycles. The molecule has 0 atom stereocenters. The van der Waals surface area contributed by atoms with Crippen LogP contribution in [0.25, 0.3) is 0 Å². The Balaban J connectivity index is 2.17. The van der Waals surface area contributed by atoms with E-state index in [9.17, 15) is 4.79 Å². The van der Waals surface area contributed by atoms with Crippen molar-refractivity contribution in [1.82, 2.24) is 5.32 Å². The molecule has 0 aliphatic heterocycles. The van der Waals surface area contributed by atoms with Crippen molar-refractivity contribution in [2.75, 3.05) is 6.54 Å². The molecular formula is C13H25NO. The van der Waals surface area contributed by atoms with Crippen LogP contribution in [0.5, 0.6) is 0 Å². The molecular weight excluding hydrogens is 186 g/mol. The summed E-state index contributed by atoms with van der Waals surface area (Å²) in [7, 11) is 0. The highest BCUT2D eigenvalue weighted by Crippen LogP contribution is 2.29. The van der Waals surface area contributed by atoms with E-state index in [1.807, 2.05) is 0 Å². The Labute approximate surface area is 93.8 Å². The lowest BCUT2D eigenvalue weighted by molar-refractivity contribution is -0.123. The smallest absolute Gasteiger partial charge is 0.137 e. The number of rotatable bonds is 5. The Hall–Kier alpha value is -0.370. The molecule has 0 heterocycles. The van der Waals surface area contributed by atoms with Gasteiger partial charge in [-0.25, -0.2) is 0 Å². The van der Waals surface area contributed by atoms with E-state index in [0.717, 1.165) is 31.7 Å². The van der Waals surface area contributed by atoms with E-state index < -0.39 is 0 Å². The fraction of sp³-hybridized carbons (Fsp3) is 0.923. The highest BCUT2D eigenvalue weighted by atomic mass is 16.1. The highest BCUT2D eigenvalue weighted by molar-refractivity contribution is 5.81. The van der Waals surface area contributed by atoms with Crippen LogP contribution in [0.2, 0.25) is 0 Å². The predicted octanol–water partition coefficient (Wildman–Crippen LogP) is 2.77. The molecule has 0 radical (unpaired) electrons. The molecule has 0 unspecified atom stereocenters. The standard InChI is InChI=1S/C13H25NO/c1-10(2)14-9-8-13(15)12-6-4-11(3)5-7-12/h10-12,14H,4-9H2,1-3H3. The third kappa shape index (κ3) is 4.78. The van der Waals surface area contributed by atoms with Crippen LogP contribution in [0.3, 0.4) is 0 Å². The van der Waals surface area contributed by atoms with Gasteiger partial charge >= 0.3 is 0 Å². The van der Waals surface area contributed by atoms with Crippen molar-refractivity contribution >= 4 is 5.78 Å². The molecule has 0 amide bonds. The Morgan fingerprint density at radius 2 is 1.87 bits per heavy atom. The lowest BCUT2D eigenvalue weighted by Crippen LogP contribution is -2.28. The number of carbonyl (C=O) groups is 1. The van der Waals surface area contributed by atoms with Crippen molar-refractivity contribution in [3.05, 3.63) is 0 Å². The minimum absolute atomic E-state index is 0.371. The number of carbonyl (C=O) groups excluding carboxylic acids is 1. The third-order valence-corrected chi connectivity index (χ3v) is 3.40. The van der Waals surface area contributed by atoms with Crippen molar-refractivity contribution in [3.63, 3.8) is 0 Å². The number of ketones is 1. The zero-order valence-electron chi connectivity index (χ0n) is 10.4. The van der Waals surface area contributed by atoms with Crippen LogP contribution in [-0.2, 0) is 4.79 Å². The molecule has 2 heteroatoms. The average Bonchev–Trinajstić information content (AvgIpc) is 2.18. The van der Waals surface area contributed by atoms with Gasteiger partial charge < -0.3 is 5.32 Å². The van der Waals surface area contributed by atoms with Gasteiger partial charge in [-0.2, -0.15) is 0 Å². The van der Waals surface area contributed by atoms with E-state index in [4.69, 9.17) is 0 Å². The maximum atomic E-state index is 11.8. The maximum Gasteiger partial charge on any atom is 0.137 e. The Morgan fingerprint density at radius 1 is 1.27 bits per heavy atom. The largest absolute Gasteiger partial charge is 0.314 e. The molecule has 0 saturated heterocycles. The Kier molecular flexibility index (Phi) is 5.30. The Morgan fingerprint density at radius 3 is 2.40 bits per heavy atom. The lowest BCUT2D eigenvalue weighted by Gasteiger charge is -2.25. The molecule has 0 bridgehead atoms. The zero-order chi connectivity index (χ0) is 11.3. The zero-order valence-corrected chi connectivity index (χ0v) is 10.4. The molecule has 1 saturated carbocycles. The molecule has 1 fully saturated rings. The fourth-order valence-corrected chi connectivity index (χ4v) is 2.27. The minimum Gasteiger partial charge on any atom is -0.314 e. The molecule has 0 aromatic rings. The fourth-order valence-electron chi connectivity index (χ4n) is 2.27.